The molecule has 0 spiro atoms. The van der Waals surface area contributed by atoms with Gasteiger partial charge in [-0.3, -0.25) is 19.7 Å². The highest BCUT2D eigenvalue weighted by Gasteiger charge is 2.30. The molecule has 1 atom stereocenters. The maximum absolute atomic E-state index is 12.4. The Morgan fingerprint density at radius 3 is 2.76 bits per heavy atom. The zero-order chi connectivity index (χ0) is 20.5. The number of hydrogen-bond acceptors (Lipinski definition) is 4. The van der Waals surface area contributed by atoms with E-state index in [9.17, 15) is 19.5 Å². The zero-order valence-electron chi connectivity index (χ0n) is 15.9. The number of carbonyl (C=O) groups excluding carboxylic acids is 3. The van der Waals surface area contributed by atoms with Crippen LogP contribution in [-0.4, -0.2) is 27.4 Å². The van der Waals surface area contributed by atoms with Crippen LogP contribution in [0.4, 0.5) is 0 Å². The van der Waals surface area contributed by atoms with Gasteiger partial charge in [0.25, 0.3) is 5.91 Å². The van der Waals surface area contributed by atoms with Crippen molar-refractivity contribution in [3.8, 4) is 5.88 Å². The number of aromatic hydroxyl groups is 1. The maximum atomic E-state index is 12.4. The van der Waals surface area contributed by atoms with Crippen LogP contribution in [0.1, 0.15) is 40.4 Å². The smallest absolute Gasteiger partial charge is 0.251 e. The Bertz CT molecular complexity index is 1130. The molecule has 7 heteroatoms. The van der Waals surface area contributed by atoms with Crippen LogP contribution < -0.4 is 10.6 Å². The van der Waals surface area contributed by atoms with E-state index in [2.05, 4.69) is 10.6 Å². The zero-order valence-corrected chi connectivity index (χ0v) is 15.9. The van der Waals surface area contributed by atoms with E-state index in [1.807, 2.05) is 31.2 Å². The Hall–Kier alpha value is -3.61. The molecular formula is C22H21N3O4. The number of amides is 3. The van der Waals surface area contributed by atoms with Gasteiger partial charge in [-0.1, -0.05) is 29.8 Å². The highest BCUT2D eigenvalue weighted by Crippen LogP contribution is 2.34. The molecular weight excluding hydrogens is 370 g/mol. The predicted octanol–water partition coefficient (Wildman–Crippen LogP) is 2.56. The summed E-state index contributed by atoms with van der Waals surface area (Å²) in [6.07, 6.45) is 2.27. The summed E-state index contributed by atoms with van der Waals surface area (Å²) in [7, 11) is 0. The van der Waals surface area contributed by atoms with Crippen molar-refractivity contribution in [1.82, 2.24) is 15.2 Å². The first-order valence-electron chi connectivity index (χ1n) is 9.44. The third-order valence-corrected chi connectivity index (χ3v) is 5.22. The highest BCUT2D eigenvalue weighted by atomic mass is 16.3. The van der Waals surface area contributed by atoms with Crippen LogP contribution in [0.5, 0.6) is 5.88 Å². The van der Waals surface area contributed by atoms with Crippen molar-refractivity contribution in [1.29, 1.82) is 0 Å². The Kier molecular flexibility index (Phi) is 4.80. The van der Waals surface area contributed by atoms with Gasteiger partial charge >= 0.3 is 0 Å². The standard InChI is InChI=1S/C22H21N3O4/c1-13-4-2-5-14(10-13)20(27)23-11-15-6-3-7-16-17(15)12-25(22(16)29)18-8-9-19(26)24-21(18)28/h2-7,10,12,18,29H,8-9,11H2,1H3,(H,23,27)(H,24,26,28). The quantitative estimate of drug-likeness (QED) is 0.595. The average molecular weight is 391 g/mol. The maximum Gasteiger partial charge on any atom is 0.251 e. The first kappa shape index (κ1) is 18.7. The van der Waals surface area contributed by atoms with Crippen LogP contribution in [0.3, 0.4) is 0 Å². The third-order valence-electron chi connectivity index (χ3n) is 5.22. The topological polar surface area (TPSA) is 100 Å². The Morgan fingerprint density at radius 2 is 2.00 bits per heavy atom. The molecule has 4 rings (SSSR count). The van der Waals surface area contributed by atoms with Crippen molar-refractivity contribution in [2.24, 2.45) is 0 Å². The molecule has 2 aromatic carbocycles. The fourth-order valence-corrected chi connectivity index (χ4v) is 3.70. The second-order valence-electron chi connectivity index (χ2n) is 7.26. The summed E-state index contributed by atoms with van der Waals surface area (Å²) < 4.78 is 1.50. The second-order valence-corrected chi connectivity index (χ2v) is 7.26. The molecule has 1 aliphatic heterocycles. The minimum absolute atomic E-state index is 0.0265. The van der Waals surface area contributed by atoms with Gasteiger partial charge in [0.2, 0.25) is 11.8 Å². The van der Waals surface area contributed by atoms with Crippen LogP contribution in [0.15, 0.2) is 48.7 Å². The van der Waals surface area contributed by atoms with Gasteiger partial charge in [-0.25, -0.2) is 0 Å². The molecule has 1 aliphatic rings. The van der Waals surface area contributed by atoms with Gasteiger partial charge in [0.15, 0.2) is 5.88 Å². The van der Waals surface area contributed by atoms with Crippen molar-refractivity contribution in [3.63, 3.8) is 0 Å². The van der Waals surface area contributed by atoms with Crippen LogP contribution in [0, 0.1) is 6.92 Å². The lowest BCUT2D eigenvalue weighted by Gasteiger charge is -2.22. The summed E-state index contributed by atoms with van der Waals surface area (Å²) in [6, 6.07) is 12.1. The molecule has 1 aromatic heterocycles. The first-order valence-corrected chi connectivity index (χ1v) is 9.44. The monoisotopic (exact) mass is 391 g/mol. The fourth-order valence-electron chi connectivity index (χ4n) is 3.70. The van der Waals surface area contributed by atoms with Gasteiger partial charge in [0.1, 0.15) is 6.04 Å². The summed E-state index contributed by atoms with van der Waals surface area (Å²) in [6.45, 7) is 2.21. The lowest BCUT2D eigenvalue weighted by molar-refractivity contribution is -0.135. The number of carbonyl (C=O) groups is 3. The van der Waals surface area contributed by atoms with E-state index < -0.39 is 11.9 Å². The molecule has 29 heavy (non-hydrogen) atoms. The molecule has 0 bridgehead atoms. The summed E-state index contributed by atoms with van der Waals surface area (Å²) in [4.78, 5) is 36.1. The van der Waals surface area contributed by atoms with Crippen molar-refractivity contribution in [3.05, 3.63) is 65.4 Å². The Labute approximate surface area is 167 Å². The summed E-state index contributed by atoms with van der Waals surface area (Å²) in [5.74, 6) is -0.936. The molecule has 3 amide bonds. The van der Waals surface area contributed by atoms with Gasteiger partial charge < -0.3 is 15.0 Å². The number of rotatable bonds is 4. The van der Waals surface area contributed by atoms with E-state index in [-0.39, 0.29) is 30.7 Å². The number of nitrogens with one attached hydrogen (secondary N) is 2. The average Bonchev–Trinajstić information content (AvgIpc) is 3.03. The number of imide groups is 1. The number of nitrogens with zero attached hydrogens (tertiary/aromatic N) is 1. The molecule has 2 heterocycles. The van der Waals surface area contributed by atoms with E-state index in [4.69, 9.17) is 0 Å². The van der Waals surface area contributed by atoms with Crippen molar-refractivity contribution in [2.45, 2.75) is 32.4 Å². The lowest BCUT2D eigenvalue weighted by atomic mass is 10.1. The highest BCUT2D eigenvalue weighted by molar-refractivity contribution is 6.00. The molecule has 1 unspecified atom stereocenters. The lowest BCUT2D eigenvalue weighted by Crippen LogP contribution is -2.41. The van der Waals surface area contributed by atoms with Crippen LogP contribution in [0.25, 0.3) is 10.8 Å². The van der Waals surface area contributed by atoms with Crippen molar-refractivity contribution in [2.75, 3.05) is 0 Å². The number of aryl methyl sites for hydroxylation is 1. The molecule has 1 saturated heterocycles. The van der Waals surface area contributed by atoms with Gasteiger partial charge in [-0.15, -0.1) is 0 Å². The third kappa shape index (κ3) is 3.59. The second kappa shape index (κ2) is 7.43. The van der Waals surface area contributed by atoms with Crippen LogP contribution in [0.2, 0.25) is 0 Å². The Morgan fingerprint density at radius 1 is 1.21 bits per heavy atom. The molecule has 0 saturated carbocycles. The summed E-state index contributed by atoms with van der Waals surface area (Å²) >= 11 is 0. The minimum Gasteiger partial charge on any atom is -0.494 e. The van der Waals surface area contributed by atoms with E-state index in [0.29, 0.717) is 17.4 Å². The van der Waals surface area contributed by atoms with E-state index in [1.165, 1.54) is 4.57 Å². The first-order chi connectivity index (χ1) is 13.9. The van der Waals surface area contributed by atoms with Crippen LogP contribution in [-0.2, 0) is 16.1 Å². The van der Waals surface area contributed by atoms with Crippen LogP contribution >= 0.6 is 0 Å². The SMILES string of the molecule is Cc1cccc(C(=O)NCc2cccc3c(O)n(C4CCC(=O)NC4=O)cc23)c1. The summed E-state index contributed by atoms with van der Waals surface area (Å²) in [5, 5.41) is 17.2. The van der Waals surface area contributed by atoms with Gasteiger partial charge in [-0.05, 0) is 37.1 Å². The minimum atomic E-state index is -0.644. The largest absolute Gasteiger partial charge is 0.494 e. The Balaban J connectivity index is 1.60. The number of piperidine rings is 1. The molecule has 0 aliphatic carbocycles. The van der Waals surface area contributed by atoms with E-state index in [1.54, 1.807) is 24.4 Å². The molecule has 148 valence electrons. The van der Waals surface area contributed by atoms with E-state index in [0.717, 1.165) is 16.5 Å². The number of benzene rings is 2. The molecule has 1 fully saturated rings. The number of fused-ring (bicyclic) bond motifs is 1. The normalized spacial score (nSPS) is 16.7. The number of hydrogen-bond donors (Lipinski definition) is 3. The molecule has 3 N–H and O–H groups in total. The summed E-state index contributed by atoms with van der Waals surface area (Å²) in [5.41, 5.74) is 2.41. The molecule has 3 aromatic rings. The van der Waals surface area contributed by atoms with Gasteiger partial charge in [0.05, 0.1) is 0 Å². The van der Waals surface area contributed by atoms with Crippen molar-refractivity contribution >= 4 is 28.5 Å². The van der Waals surface area contributed by atoms with E-state index >= 15 is 0 Å². The van der Waals surface area contributed by atoms with Crippen molar-refractivity contribution < 1.29 is 19.5 Å². The molecule has 0 radical (unpaired) electrons. The fraction of sp³-hybridized carbons (Fsp3) is 0.227. The predicted molar refractivity (Wildman–Crippen MR) is 107 cm³/mol. The molecule has 7 nitrogen and oxygen atoms in total. The number of aromatic nitrogens is 1. The van der Waals surface area contributed by atoms with Gasteiger partial charge in [0, 0.05) is 35.5 Å². The van der Waals surface area contributed by atoms with Gasteiger partial charge in [-0.2, -0.15) is 0 Å².